The van der Waals surface area contributed by atoms with Crippen molar-refractivity contribution in [2.24, 2.45) is 23.0 Å². The first-order valence-corrected chi connectivity index (χ1v) is 6.41. The third-order valence-corrected chi connectivity index (χ3v) is 4.78. The zero-order chi connectivity index (χ0) is 10.9. The predicted molar refractivity (Wildman–Crippen MR) is 61.2 cm³/mol. The first-order chi connectivity index (χ1) is 7.11. The number of carbonyl (C=O) groups excluding carboxylic acids is 1. The van der Waals surface area contributed by atoms with Crippen LogP contribution >= 0.6 is 0 Å². The molecule has 1 amide bonds. The van der Waals surface area contributed by atoms with Gasteiger partial charge in [-0.3, -0.25) is 4.79 Å². The number of nitrogens with two attached hydrogens (primary N) is 1. The van der Waals surface area contributed by atoms with Gasteiger partial charge in [-0.25, -0.2) is 0 Å². The van der Waals surface area contributed by atoms with Gasteiger partial charge in [0.25, 0.3) is 0 Å². The van der Waals surface area contributed by atoms with Crippen molar-refractivity contribution >= 4 is 5.91 Å². The summed E-state index contributed by atoms with van der Waals surface area (Å²) in [5.74, 6) is 1.02. The highest BCUT2D eigenvalue weighted by atomic mass is 16.1. The summed E-state index contributed by atoms with van der Waals surface area (Å²) in [4.78, 5) is 11.1. The quantitative estimate of drug-likeness (QED) is 0.709. The van der Waals surface area contributed by atoms with Crippen LogP contribution in [-0.4, -0.2) is 5.91 Å². The van der Waals surface area contributed by atoms with Gasteiger partial charge in [-0.2, -0.15) is 0 Å². The van der Waals surface area contributed by atoms with Crippen LogP contribution in [0, 0.1) is 17.3 Å². The van der Waals surface area contributed by atoms with Crippen molar-refractivity contribution in [3.05, 3.63) is 0 Å². The van der Waals surface area contributed by atoms with Gasteiger partial charge in [-0.15, -0.1) is 0 Å². The van der Waals surface area contributed by atoms with E-state index in [-0.39, 0.29) is 11.8 Å². The lowest BCUT2D eigenvalue weighted by Gasteiger charge is -2.44. The minimum atomic E-state index is -0.0750. The Kier molecular flexibility index (Phi) is 3.03. The molecule has 0 saturated heterocycles. The summed E-state index contributed by atoms with van der Waals surface area (Å²) < 4.78 is 0. The second-order valence-electron chi connectivity index (χ2n) is 5.86. The van der Waals surface area contributed by atoms with Gasteiger partial charge >= 0.3 is 0 Å². The van der Waals surface area contributed by atoms with Crippen LogP contribution in [0.5, 0.6) is 0 Å². The van der Waals surface area contributed by atoms with Crippen LogP contribution in [0.2, 0.25) is 0 Å². The van der Waals surface area contributed by atoms with Crippen LogP contribution in [0.15, 0.2) is 0 Å². The van der Waals surface area contributed by atoms with Gasteiger partial charge in [0.15, 0.2) is 0 Å². The summed E-state index contributed by atoms with van der Waals surface area (Å²) in [5, 5.41) is 0. The largest absolute Gasteiger partial charge is 0.369 e. The van der Waals surface area contributed by atoms with Crippen molar-refractivity contribution in [2.75, 3.05) is 0 Å². The van der Waals surface area contributed by atoms with Crippen LogP contribution < -0.4 is 5.73 Å². The predicted octanol–water partition coefficient (Wildman–Crippen LogP) is 2.86. The van der Waals surface area contributed by atoms with Crippen LogP contribution in [0.4, 0.5) is 0 Å². The standard InChI is InChI=1S/C13H23NO/c1-10-2-6-13(7-3-10)8-4-11(5-9-13)12(14)15/h10-11H,2-9H2,1H3,(H2,14,15). The van der Waals surface area contributed by atoms with Gasteiger partial charge in [0.2, 0.25) is 5.91 Å². The Morgan fingerprint density at radius 3 is 2.00 bits per heavy atom. The fraction of sp³-hybridized carbons (Fsp3) is 0.923. The molecule has 0 aromatic carbocycles. The van der Waals surface area contributed by atoms with Crippen molar-refractivity contribution in [1.29, 1.82) is 0 Å². The zero-order valence-corrected chi connectivity index (χ0v) is 9.80. The molecule has 2 saturated carbocycles. The molecule has 0 unspecified atom stereocenters. The molecule has 1 spiro atoms. The molecule has 0 atom stereocenters. The molecular formula is C13H23NO. The molecule has 0 heterocycles. The average Bonchev–Trinajstić information content (AvgIpc) is 2.24. The highest BCUT2D eigenvalue weighted by molar-refractivity contribution is 5.76. The molecule has 2 N–H and O–H groups in total. The lowest BCUT2D eigenvalue weighted by atomic mass is 9.61. The molecule has 2 aliphatic rings. The molecule has 0 radical (unpaired) electrons. The molecule has 86 valence electrons. The molecule has 0 aromatic rings. The molecule has 0 aliphatic heterocycles. The highest BCUT2D eigenvalue weighted by Crippen LogP contribution is 2.49. The van der Waals surface area contributed by atoms with Crippen molar-refractivity contribution in [3.63, 3.8) is 0 Å². The Hall–Kier alpha value is -0.530. The normalized spacial score (nSPS) is 41.7. The highest BCUT2D eigenvalue weighted by Gasteiger charge is 2.38. The van der Waals surface area contributed by atoms with E-state index in [1.54, 1.807) is 0 Å². The lowest BCUT2D eigenvalue weighted by molar-refractivity contribution is -0.123. The molecule has 0 bridgehead atoms. The van der Waals surface area contributed by atoms with Gasteiger partial charge in [-0.1, -0.05) is 19.8 Å². The van der Waals surface area contributed by atoms with E-state index in [4.69, 9.17) is 5.73 Å². The third kappa shape index (κ3) is 2.35. The van der Waals surface area contributed by atoms with Crippen molar-refractivity contribution in [3.8, 4) is 0 Å². The topological polar surface area (TPSA) is 43.1 Å². The van der Waals surface area contributed by atoms with E-state index in [1.807, 2.05) is 0 Å². The number of carbonyl (C=O) groups is 1. The van der Waals surface area contributed by atoms with E-state index in [0.717, 1.165) is 18.8 Å². The van der Waals surface area contributed by atoms with E-state index in [9.17, 15) is 4.79 Å². The molecule has 15 heavy (non-hydrogen) atoms. The second kappa shape index (κ2) is 4.15. The second-order valence-corrected chi connectivity index (χ2v) is 5.86. The molecule has 2 heteroatoms. The molecule has 2 aliphatic carbocycles. The summed E-state index contributed by atoms with van der Waals surface area (Å²) in [6.07, 6.45) is 10.1. The van der Waals surface area contributed by atoms with Crippen LogP contribution in [0.3, 0.4) is 0 Å². The van der Waals surface area contributed by atoms with Crippen molar-refractivity contribution in [2.45, 2.75) is 58.3 Å². The first-order valence-electron chi connectivity index (χ1n) is 6.41. The molecular weight excluding hydrogens is 186 g/mol. The summed E-state index contributed by atoms with van der Waals surface area (Å²) in [5.41, 5.74) is 5.96. The Labute approximate surface area is 92.6 Å². The Balaban J connectivity index is 1.89. The van der Waals surface area contributed by atoms with Gasteiger partial charge in [0, 0.05) is 5.92 Å². The number of rotatable bonds is 1. The molecule has 2 rings (SSSR count). The SMILES string of the molecule is CC1CCC2(CC1)CCC(C(N)=O)CC2. The lowest BCUT2D eigenvalue weighted by Crippen LogP contribution is -2.35. The molecule has 0 aromatic heterocycles. The molecule has 2 nitrogen and oxygen atoms in total. The van der Waals surface area contributed by atoms with E-state index in [0.29, 0.717) is 5.41 Å². The maximum atomic E-state index is 11.1. The summed E-state index contributed by atoms with van der Waals surface area (Å²) >= 11 is 0. The van der Waals surface area contributed by atoms with E-state index < -0.39 is 0 Å². The summed E-state index contributed by atoms with van der Waals surface area (Å²) in [7, 11) is 0. The fourth-order valence-corrected chi connectivity index (χ4v) is 3.39. The monoisotopic (exact) mass is 209 g/mol. The third-order valence-electron chi connectivity index (χ3n) is 4.78. The Morgan fingerprint density at radius 1 is 1.07 bits per heavy atom. The van der Waals surface area contributed by atoms with Crippen molar-refractivity contribution in [1.82, 2.24) is 0 Å². The van der Waals surface area contributed by atoms with Gasteiger partial charge in [0.1, 0.15) is 0 Å². The minimum absolute atomic E-state index is 0.0750. The summed E-state index contributed by atoms with van der Waals surface area (Å²) in [6.45, 7) is 2.36. The first kappa shape index (κ1) is 11.0. The van der Waals surface area contributed by atoms with Crippen LogP contribution in [0.25, 0.3) is 0 Å². The van der Waals surface area contributed by atoms with Gasteiger partial charge in [0.05, 0.1) is 0 Å². The number of primary amides is 1. The van der Waals surface area contributed by atoms with E-state index in [1.165, 1.54) is 38.5 Å². The number of hydrogen-bond donors (Lipinski definition) is 1. The number of hydrogen-bond acceptors (Lipinski definition) is 1. The van der Waals surface area contributed by atoms with Crippen LogP contribution in [-0.2, 0) is 4.79 Å². The van der Waals surface area contributed by atoms with Gasteiger partial charge < -0.3 is 5.73 Å². The molecule has 2 fully saturated rings. The Morgan fingerprint density at radius 2 is 1.53 bits per heavy atom. The number of amides is 1. The Bertz CT molecular complexity index is 231. The smallest absolute Gasteiger partial charge is 0.220 e. The minimum Gasteiger partial charge on any atom is -0.369 e. The fourth-order valence-electron chi connectivity index (χ4n) is 3.39. The van der Waals surface area contributed by atoms with E-state index >= 15 is 0 Å². The van der Waals surface area contributed by atoms with Crippen LogP contribution in [0.1, 0.15) is 58.3 Å². The van der Waals surface area contributed by atoms with Gasteiger partial charge in [-0.05, 0) is 49.9 Å². The van der Waals surface area contributed by atoms with Crippen molar-refractivity contribution < 1.29 is 4.79 Å². The summed E-state index contributed by atoms with van der Waals surface area (Å²) in [6, 6.07) is 0. The zero-order valence-electron chi connectivity index (χ0n) is 9.80. The maximum Gasteiger partial charge on any atom is 0.220 e. The maximum absolute atomic E-state index is 11.1. The van der Waals surface area contributed by atoms with E-state index in [2.05, 4.69) is 6.92 Å². The average molecular weight is 209 g/mol.